The van der Waals surface area contributed by atoms with E-state index in [2.05, 4.69) is 15.9 Å². The fourth-order valence-corrected chi connectivity index (χ4v) is 5.79. The van der Waals surface area contributed by atoms with Crippen LogP contribution in [-0.4, -0.2) is 31.6 Å². The Balaban J connectivity index is 2.02. The zero-order valence-corrected chi connectivity index (χ0v) is 12.5. The lowest BCUT2D eigenvalue weighted by molar-refractivity contribution is 0.184. The second-order valence-electron chi connectivity index (χ2n) is 4.52. The van der Waals surface area contributed by atoms with Crippen molar-refractivity contribution in [3.05, 3.63) is 20.8 Å². The van der Waals surface area contributed by atoms with Gasteiger partial charge in [-0.1, -0.05) is 0 Å². The summed E-state index contributed by atoms with van der Waals surface area (Å²) in [6.07, 6.45) is 1.47. The van der Waals surface area contributed by atoms with Crippen molar-refractivity contribution in [2.45, 2.75) is 12.8 Å². The minimum absolute atomic E-state index is 0.0652. The Hall–Kier alpha value is 0.0900. The van der Waals surface area contributed by atoms with Gasteiger partial charge in [0.05, 0.1) is 15.3 Å². The van der Waals surface area contributed by atoms with Crippen molar-refractivity contribution in [3.8, 4) is 0 Å². The summed E-state index contributed by atoms with van der Waals surface area (Å²) in [6, 6.07) is 4.01. The third kappa shape index (κ3) is 3.53. The molecule has 3 nitrogen and oxygen atoms in total. The van der Waals surface area contributed by atoms with Crippen LogP contribution in [0.2, 0.25) is 0 Å². The van der Waals surface area contributed by atoms with Crippen LogP contribution in [0.4, 0.5) is 0 Å². The molecule has 1 aliphatic heterocycles. The fourth-order valence-electron chi connectivity index (χ4n) is 2.30. The summed E-state index contributed by atoms with van der Waals surface area (Å²) in [7, 11) is -2.85. The van der Waals surface area contributed by atoms with Crippen molar-refractivity contribution in [2.24, 2.45) is 11.8 Å². The van der Waals surface area contributed by atoms with Gasteiger partial charge in [0, 0.05) is 11.5 Å². The molecule has 0 aromatic carbocycles. The maximum absolute atomic E-state index is 11.4. The van der Waals surface area contributed by atoms with Crippen LogP contribution in [0.15, 0.2) is 15.9 Å². The summed E-state index contributed by atoms with van der Waals surface area (Å²) in [5, 5.41) is 9.42. The first-order chi connectivity index (χ1) is 8.00. The van der Waals surface area contributed by atoms with E-state index in [-0.39, 0.29) is 29.9 Å². The molecule has 2 atom stereocenters. The second-order valence-corrected chi connectivity index (χ2v) is 9.29. The number of halogens is 1. The van der Waals surface area contributed by atoms with E-state index in [9.17, 15) is 13.5 Å². The Morgan fingerprint density at radius 3 is 2.76 bits per heavy atom. The topological polar surface area (TPSA) is 54.4 Å². The largest absolute Gasteiger partial charge is 0.396 e. The standard InChI is InChI=1S/C11H15BrO3S2/c12-11-2-1-10(16-11)5-9(6-13)8-3-4-17(14,15)7-8/h1-2,8-9,13H,3-7H2. The average molecular weight is 339 g/mol. The second kappa shape index (κ2) is 5.38. The molecule has 2 rings (SSSR count). The SMILES string of the molecule is O=S1(=O)CCC(C(CO)Cc2ccc(Br)s2)C1. The van der Waals surface area contributed by atoms with E-state index in [0.717, 1.165) is 10.2 Å². The molecule has 0 saturated carbocycles. The first kappa shape index (κ1) is 13.5. The molecule has 1 saturated heterocycles. The molecule has 6 heteroatoms. The summed E-state index contributed by atoms with van der Waals surface area (Å²) < 4.78 is 23.9. The van der Waals surface area contributed by atoms with Crippen molar-refractivity contribution in [1.29, 1.82) is 0 Å². The van der Waals surface area contributed by atoms with Gasteiger partial charge in [-0.05, 0) is 52.7 Å². The highest BCUT2D eigenvalue weighted by Crippen LogP contribution is 2.31. The molecule has 0 bridgehead atoms. The molecule has 1 aliphatic rings. The zero-order chi connectivity index (χ0) is 12.5. The smallest absolute Gasteiger partial charge is 0.150 e. The first-order valence-corrected chi connectivity index (χ1v) is 8.99. The van der Waals surface area contributed by atoms with E-state index in [1.807, 2.05) is 12.1 Å². The highest BCUT2D eigenvalue weighted by molar-refractivity contribution is 9.11. The molecule has 2 heterocycles. The number of rotatable bonds is 4. The fraction of sp³-hybridized carbons (Fsp3) is 0.636. The van der Waals surface area contributed by atoms with E-state index in [0.29, 0.717) is 6.42 Å². The van der Waals surface area contributed by atoms with Gasteiger partial charge in [0.25, 0.3) is 0 Å². The van der Waals surface area contributed by atoms with Crippen molar-refractivity contribution < 1.29 is 13.5 Å². The predicted octanol–water partition coefficient (Wildman–Crippen LogP) is 2.10. The van der Waals surface area contributed by atoms with Crippen molar-refractivity contribution >= 4 is 37.1 Å². The Morgan fingerprint density at radius 1 is 1.53 bits per heavy atom. The third-order valence-corrected chi connectivity index (χ3v) is 6.70. The molecule has 17 heavy (non-hydrogen) atoms. The number of aliphatic hydroxyl groups is 1. The zero-order valence-electron chi connectivity index (χ0n) is 9.30. The quantitative estimate of drug-likeness (QED) is 0.914. The molecule has 1 aromatic heterocycles. The molecule has 0 radical (unpaired) electrons. The lowest BCUT2D eigenvalue weighted by atomic mass is 9.89. The number of hydrogen-bond acceptors (Lipinski definition) is 4. The van der Waals surface area contributed by atoms with Gasteiger partial charge in [-0.3, -0.25) is 0 Å². The van der Waals surface area contributed by atoms with Crippen LogP contribution in [-0.2, 0) is 16.3 Å². The molecule has 0 spiro atoms. The van der Waals surface area contributed by atoms with Gasteiger partial charge in [0.2, 0.25) is 0 Å². The molecule has 96 valence electrons. The van der Waals surface area contributed by atoms with E-state index < -0.39 is 9.84 Å². The molecule has 1 N–H and O–H groups in total. The normalized spacial score (nSPS) is 24.9. The van der Waals surface area contributed by atoms with Crippen molar-refractivity contribution in [1.82, 2.24) is 0 Å². The van der Waals surface area contributed by atoms with Crippen LogP contribution in [0.25, 0.3) is 0 Å². The summed E-state index contributed by atoms with van der Waals surface area (Å²) in [6.45, 7) is 0.0652. The summed E-state index contributed by atoms with van der Waals surface area (Å²) in [5.74, 6) is 0.705. The van der Waals surface area contributed by atoms with Gasteiger partial charge in [-0.2, -0.15) is 0 Å². The molecule has 0 amide bonds. The van der Waals surface area contributed by atoms with Crippen LogP contribution in [0, 0.1) is 11.8 Å². The highest BCUT2D eigenvalue weighted by atomic mass is 79.9. The van der Waals surface area contributed by atoms with Gasteiger partial charge < -0.3 is 5.11 Å². The highest BCUT2D eigenvalue weighted by Gasteiger charge is 2.33. The predicted molar refractivity (Wildman–Crippen MR) is 73.1 cm³/mol. The average Bonchev–Trinajstić information content (AvgIpc) is 2.81. The lowest BCUT2D eigenvalue weighted by Gasteiger charge is -2.19. The van der Waals surface area contributed by atoms with Crippen molar-refractivity contribution in [2.75, 3.05) is 18.1 Å². The van der Waals surface area contributed by atoms with Gasteiger partial charge in [-0.25, -0.2) is 8.42 Å². The van der Waals surface area contributed by atoms with E-state index >= 15 is 0 Å². The third-order valence-electron chi connectivity index (χ3n) is 3.26. The maximum Gasteiger partial charge on any atom is 0.150 e. The maximum atomic E-state index is 11.4. The molecule has 1 aromatic rings. The van der Waals surface area contributed by atoms with Gasteiger partial charge >= 0.3 is 0 Å². The Kier molecular flexibility index (Phi) is 4.28. The summed E-state index contributed by atoms with van der Waals surface area (Å²) >= 11 is 5.05. The minimum atomic E-state index is -2.85. The van der Waals surface area contributed by atoms with Gasteiger partial charge in [0.1, 0.15) is 0 Å². The first-order valence-electron chi connectivity index (χ1n) is 5.55. The Morgan fingerprint density at radius 2 is 2.29 bits per heavy atom. The molecule has 2 unspecified atom stereocenters. The number of thiophene rings is 1. The minimum Gasteiger partial charge on any atom is -0.396 e. The number of aliphatic hydroxyl groups excluding tert-OH is 1. The van der Waals surface area contributed by atoms with Crippen LogP contribution in [0.3, 0.4) is 0 Å². The Bertz CT molecular complexity index is 481. The monoisotopic (exact) mass is 338 g/mol. The number of hydrogen-bond donors (Lipinski definition) is 1. The molecular formula is C11H15BrO3S2. The van der Waals surface area contributed by atoms with E-state index in [1.165, 1.54) is 4.88 Å². The van der Waals surface area contributed by atoms with Crippen LogP contribution >= 0.6 is 27.3 Å². The molecule has 0 aliphatic carbocycles. The van der Waals surface area contributed by atoms with E-state index in [1.54, 1.807) is 11.3 Å². The van der Waals surface area contributed by atoms with Gasteiger partial charge in [0.15, 0.2) is 9.84 Å². The summed E-state index contributed by atoms with van der Waals surface area (Å²) in [4.78, 5) is 1.19. The molecular weight excluding hydrogens is 324 g/mol. The van der Waals surface area contributed by atoms with Crippen LogP contribution in [0.1, 0.15) is 11.3 Å². The summed E-state index contributed by atoms with van der Waals surface area (Å²) in [5.41, 5.74) is 0. The van der Waals surface area contributed by atoms with E-state index in [4.69, 9.17) is 0 Å². The number of sulfone groups is 1. The Labute approximate surface area is 114 Å². The molecule has 1 fully saturated rings. The van der Waals surface area contributed by atoms with Gasteiger partial charge in [-0.15, -0.1) is 11.3 Å². The van der Waals surface area contributed by atoms with Crippen LogP contribution < -0.4 is 0 Å². The van der Waals surface area contributed by atoms with Crippen LogP contribution in [0.5, 0.6) is 0 Å². The van der Waals surface area contributed by atoms with Crippen molar-refractivity contribution in [3.63, 3.8) is 0 Å². The lowest BCUT2D eigenvalue weighted by Crippen LogP contribution is -2.21.